The zero-order valence-electron chi connectivity index (χ0n) is 45.7. The number of amides is 1. The minimum atomic E-state index is -1.94. The summed E-state index contributed by atoms with van der Waals surface area (Å²) in [7, 11) is 1.33. The molecule has 0 bridgehead atoms. The third-order valence-electron chi connectivity index (χ3n) is 14.0. The number of methoxy groups -OCH3 is 2. The van der Waals surface area contributed by atoms with E-state index < -0.39 is 54.2 Å². The van der Waals surface area contributed by atoms with Crippen LogP contribution in [0.5, 0.6) is 11.5 Å². The molecule has 410 valence electrons. The molecule has 2 heterocycles. The Hall–Kier alpha value is -7.44. The Morgan fingerprint density at radius 1 is 0.688 bits per heavy atom. The number of nitrogens with one attached hydrogen (secondary N) is 1. The number of nitriles is 1. The summed E-state index contributed by atoms with van der Waals surface area (Å²) in [6, 6.07) is 69.2. The summed E-state index contributed by atoms with van der Waals surface area (Å²) in [6.45, 7) is 8.42. The van der Waals surface area contributed by atoms with Crippen LogP contribution in [-0.4, -0.2) is 77.1 Å². The maximum atomic E-state index is 15.0. The SMILES string of the molecule is COc1ccc(C(OC[C@H]2O[C@@H](n3ccc(NC(=O)c4ccccc4)nc3=O)[C@H](SC(c3ccccc3)(c3ccccc3)c3ccccc3)[C@@H]2OP(OCCC#N)N(C(C)C)C(C)C)(c2ccccc2)c2ccc(OC)cc2)cc1. The highest BCUT2D eigenvalue weighted by Gasteiger charge is 2.55. The summed E-state index contributed by atoms with van der Waals surface area (Å²) in [5, 5.41) is 11.9. The van der Waals surface area contributed by atoms with Crippen molar-refractivity contribution in [3.63, 3.8) is 0 Å². The molecule has 0 saturated carbocycles. The fourth-order valence-electron chi connectivity index (χ4n) is 10.4. The monoisotopic (exact) mass is 1110 g/mol. The Bertz CT molecular complexity index is 3190. The zero-order valence-corrected chi connectivity index (χ0v) is 47.4. The number of ether oxygens (including phenoxy) is 4. The maximum absolute atomic E-state index is 15.0. The number of hydrogen-bond acceptors (Lipinski definition) is 12. The van der Waals surface area contributed by atoms with Crippen LogP contribution in [0.15, 0.2) is 217 Å². The largest absolute Gasteiger partial charge is 0.497 e. The Labute approximate surface area is 474 Å². The van der Waals surface area contributed by atoms with E-state index in [0.717, 1.165) is 33.4 Å². The topological polar surface area (TPSA) is 146 Å². The van der Waals surface area contributed by atoms with Crippen LogP contribution in [0.2, 0.25) is 0 Å². The Morgan fingerprint density at radius 3 is 1.60 bits per heavy atom. The van der Waals surface area contributed by atoms with Crippen LogP contribution in [0.1, 0.15) is 84.1 Å². The number of rotatable bonds is 24. The Balaban J connectivity index is 1.28. The number of thioether (sulfide) groups is 1. The van der Waals surface area contributed by atoms with Gasteiger partial charge in [0.2, 0.25) is 0 Å². The molecule has 1 fully saturated rings. The fraction of sp³-hybridized carbons (Fsp3) is 0.262. The van der Waals surface area contributed by atoms with Crippen molar-refractivity contribution >= 4 is 32.0 Å². The summed E-state index contributed by atoms with van der Waals surface area (Å²) in [4.78, 5) is 33.0. The molecule has 5 atom stereocenters. The third-order valence-corrected chi connectivity index (χ3v) is 18.0. The summed E-state index contributed by atoms with van der Waals surface area (Å²) in [5.74, 6) is 1.01. The number of benzene rings is 7. The lowest BCUT2D eigenvalue weighted by Crippen LogP contribution is -2.43. The van der Waals surface area contributed by atoms with Gasteiger partial charge in [-0.1, -0.05) is 164 Å². The van der Waals surface area contributed by atoms with Crippen LogP contribution in [-0.2, 0) is 28.9 Å². The van der Waals surface area contributed by atoms with E-state index in [1.54, 1.807) is 62.5 Å². The van der Waals surface area contributed by atoms with Crippen LogP contribution in [0, 0.1) is 11.3 Å². The van der Waals surface area contributed by atoms with Gasteiger partial charge in [-0.2, -0.15) is 10.2 Å². The van der Waals surface area contributed by atoms with Gasteiger partial charge in [0.1, 0.15) is 35.1 Å². The van der Waals surface area contributed by atoms with Crippen molar-refractivity contribution in [3.8, 4) is 17.6 Å². The average molecular weight is 1110 g/mol. The molecule has 9 rings (SSSR count). The number of nitrogens with zero attached hydrogens (tertiary/aromatic N) is 4. The smallest absolute Gasteiger partial charge is 0.351 e. The van der Waals surface area contributed by atoms with Crippen molar-refractivity contribution in [2.24, 2.45) is 0 Å². The van der Waals surface area contributed by atoms with Gasteiger partial charge in [-0.3, -0.25) is 9.36 Å². The van der Waals surface area contributed by atoms with E-state index in [1.165, 1.54) is 4.57 Å². The highest BCUT2D eigenvalue weighted by Crippen LogP contribution is 2.58. The van der Waals surface area contributed by atoms with Gasteiger partial charge in [0.05, 0.1) is 49.9 Å². The standard InChI is InChI=1S/C65H66N5O8PS/c1-46(2)70(47(3)4)79(76-44-22-42-66)78-59-57(45-75-64(49-25-14-8-15-26-49,50-33-37-55(73-5)38-34-50)51-35-39-56(74-6)40-36-51)77-62(69-43-41-58(68-63(69)72)67-61(71)48-23-12-7-13-24-48)60(59)80-65(52-27-16-9-17-28-52,53-29-18-10-19-30-53)54-31-20-11-21-32-54/h7-21,23-41,43,46-47,57,59-60,62H,22,44-45H2,1-6H3,(H,67,68,71,72)/t57-,59-,60-,62-,79?/m1/s1. The fourth-order valence-corrected chi connectivity index (χ4v) is 14.1. The number of hydrogen-bond donors (Lipinski definition) is 1. The van der Waals surface area contributed by atoms with Crippen molar-refractivity contribution < 1.29 is 32.8 Å². The van der Waals surface area contributed by atoms with Gasteiger partial charge >= 0.3 is 5.69 Å². The van der Waals surface area contributed by atoms with Crippen molar-refractivity contribution in [2.75, 3.05) is 32.8 Å². The minimum absolute atomic E-state index is 0.0551. The predicted octanol–water partition coefficient (Wildman–Crippen LogP) is 13.2. The van der Waals surface area contributed by atoms with E-state index in [-0.39, 0.29) is 37.5 Å². The van der Waals surface area contributed by atoms with Crippen LogP contribution in [0.25, 0.3) is 0 Å². The molecule has 8 aromatic rings. The molecule has 1 saturated heterocycles. The first kappa shape index (κ1) is 57.3. The molecule has 13 nitrogen and oxygen atoms in total. The lowest BCUT2D eigenvalue weighted by atomic mass is 9.80. The van der Waals surface area contributed by atoms with Gasteiger partial charge in [-0.15, -0.1) is 11.8 Å². The van der Waals surface area contributed by atoms with Gasteiger partial charge in [-0.05, 0) is 104 Å². The number of aromatic nitrogens is 2. The first-order valence-electron chi connectivity index (χ1n) is 26.7. The lowest BCUT2D eigenvalue weighted by molar-refractivity contribution is -0.0924. The molecule has 0 aliphatic carbocycles. The zero-order chi connectivity index (χ0) is 56.1. The number of anilines is 1. The van der Waals surface area contributed by atoms with E-state index >= 15 is 0 Å². The second-order valence-electron chi connectivity index (χ2n) is 19.7. The molecule has 1 unspecified atom stereocenters. The molecule has 0 spiro atoms. The molecular formula is C65H66N5O8PS. The van der Waals surface area contributed by atoms with Gasteiger partial charge in [0.15, 0.2) is 6.23 Å². The number of carbonyl (C=O) groups is 1. The van der Waals surface area contributed by atoms with Crippen LogP contribution in [0.3, 0.4) is 0 Å². The first-order valence-corrected chi connectivity index (χ1v) is 28.7. The normalized spacial score (nSPS) is 16.8. The third kappa shape index (κ3) is 12.5. The van der Waals surface area contributed by atoms with E-state index in [4.69, 9.17) is 28.0 Å². The molecule has 1 aliphatic rings. The highest BCUT2D eigenvalue weighted by molar-refractivity contribution is 8.01. The second-order valence-corrected chi connectivity index (χ2v) is 22.5. The molecule has 1 aromatic heterocycles. The van der Waals surface area contributed by atoms with Gasteiger partial charge in [0.25, 0.3) is 14.4 Å². The molecular weight excluding hydrogens is 1040 g/mol. The molecule has 1 amide bonds. The van der Waals surface area contributed by atoms with E-state index in [2.05, 4.69) is 85.1 Å². The van der Waals surface area contributed by atoms with Crippen molar-refractivity contribution in [1.82, 2.24) is 14.2 Å². The first-order chi connectivity index (χ1) is 39.0. The number of carbonyl (C=O) groups excluding carboxylic acids is 1. The summed E-state index contributed by atoms with van der Waals surface area (Å²) < 4.78 is 43.7. The minimum Gasteiger partial charge on any atom is -0.497 e. The van der Waals surface area contributed by atoms with E-state index in [1.807, 2.05) is 140 Å². The highest BCUT2D eigenvalue weighted by atomic mass is 32.2. The lowest BCUT2D eigenvalue weighted by Gasteiger charge is -2.42. The summed E-state index contributed by atoms with van der Waals surface area (Å²) in [6.07, 6.45) is -1.15. The van der Waals surface area contributed by atoms with Gasteiger partial charge in [-0.25, -0.2) is 9.46 Å². The molecule has 7 aromatic carbocycles. The van der Waals surface area contributed by atoms with Gasteiger partial charge < -0.3 is 33.3 Å². The second kappa shape index (κ2) is 26.7. The van der Waals surface area contributed by atoms with Crippen molar-refractivity contribution in [3.05, 3.63) is 262 Å². The Kier molecular flexibility index (Phi) is 19.1. The summed E-state index contributed by atoms with van der Waals surface area (Å²) >= 11 is 1.62. The molecule has 80 heavy (non-hydrogen) atoms. The molecule has 15 heteroatoms. The quantitative estimate of drug-likeness (QED) is 0.0349. The van der Waals surface area contributed by atoms with E-state index in [0.29, 0.717) is 17.1 Å². The Morgan fingerprint density at radius 2 is 1.15 bits per heavy atom. The van der Waals surface area contributed by atoms with Crippen molar-refractivity contribution in [1.29, 1.82) is 5.26 Å². The van der Waals surface area contributed by atoms with E-state index in [9.17, 15) is 14.9 Å². The van der Waals surface area contributed by atoms with Crippen molar-refractivity contribution in [2.45, 2.75) is 80.2 Å². The van der Waals surface area contributed by atoms with Crippen LogP contribution < -0.4 is 20.5 Å². The predicted molar refractivity (Wildman–Crippen MR) is 316 cm³/mol. The molecule has 1 aliphatic heterocycles. The summed E-state index contributed by atoms with van der Waals surface area (Å²) in [5.41, 5.74) is 3.87. The maximum Gasteiger partial charge on any atom is 0.351 e. The molecule has 1 N–H and O–H groups in total. The van der Waals surface area contributed by atoms with Gasteiger partial charge in [0, 0.05) is 23.8 Å². The average Bonchev–Trinajstić information content (AvgIpc) is 3.90. The molecule has 0 radical (unpaired) electrons. The van der Waals surface area contributed by atoms with Crippen LogP contribution >= 0.6 is 20.3 Å². The van der Waals surface area contributed by atoms with Crippen LogP contribution in [0.4, 0.5) is 5.82 Å².